The maximum atomic E-state index is 5.56. The van der Waals surface area contributed by atoms with Crippen molar-refractivity contribution in [2.45, 2.75) is 38.6 Å². The maximum absolute atomic E-state index is 5.56. The van der Waals surface area contributed by atoms with E-state index in [1.807, 2.05) is 19.2 Å². The van der Waals surface area contributed by atoms with Crippen LogP contribution in [0.3, 0.4) is 0 Å². The standard InChI is InChI=1S/C22H36N4O2.HI/c1-4-22(10-5-11-22)17-25-21(23-2)24-16-20(26-12-14-28-15-13-26)18-6-8-19(27-3)9-7-18;/h6-9,20H,4-5,10-17H2,1-3H3,(H2,23,24,25);1H. The van der Waals surface area contributed by atoms with Crippen LogP contribution in [0.15, 0.2) is 29.3 Å². The summed E-state index contributed by atoms with van der Waals surface area (Å²) >= 11 is 0. The van der Waals surface area contributed by atoms with Gasteiger partial charge in [0.15, 0.2) is 5.96 Å². The molecule has 1 aromatic rings. The molecule has 7 heteroatoms. The molecule has 2 N–H and O–H groups in total. The van der Waals surface area contributed by atoms with Crippen molar-refractivity contribution in [1.82, 2.24) is 15.5 Å². The normalized spacial score (nSPS) is 20.2. The Morgan fingerprint density at radius 1 is 1.21 bits per heavy atom. The van der Waals surface area contributed by atoms with Gasteiger partial charge in [-0.2, -0.15) is 0 Å². The zero-order chi connectivity index (χ0) is 19.8. The van der Waals surface area contributed by atoms with Crippen molar-refractivity contribution >= 4 is 29.9 Å². The summed E-state index contributed by atoms with van der Waals surface area (Å²) in [7, 11) is 3.56. The highest BCUT2D eigenvalue weighted by Crippen LogP contribution is 2.43. The summed E-state index contributed by atoms with van der Waals surface area (Å²) < 4.78 is 10.9. The highest BCUT2D eigenvalue weighted by Gasteiger charge is 2.35. The maximum Gasteiger partial charge on any atom is 0.191 e. The molecule has 0 radical (unpaired) electrons. The quantitative estimate of drug-likeness (QED) is 0.315. The lowest BCUT2D eigenvalue weighted by Crippen LogP contribution is -2.49. The summed E-state index contributed by atoms with van der Waals surface area (Å²) in [5.74, 6) is 1.78. The largest absolute Gasteiger partial charge is 0.497 e. The Bertz CT molecular complexity index is 623. The smallest absolute Gasteiger partial charge is 0.191 e. The van der Waals surface area contributed by atoms with Crippen LogP contribution in [0.1, 0.15) is 44.2 Å². The van der Waals surface area contributed by atoms with Crippen LogP contribution in [0, 0.1) is 5.41 Å². The van der Waals surface area contributed by atoms with E-state index < -0.39 is 0 Å². The molecule has 0 spiro atoms. The molecule has 1 saturated heterocycles. The number of methoxy groups -OCH3 is 1. The minimum atomic E-state index is 0. The van der Waals surface area contributed by atoms with Crippen molar-refractivity contribution in [3.8, 4) is 5.75 Å². The number of aliphatic imine (C=N–C) groups is 1. The molecule has 1 aromatic carbocycles. The Hall–Kier alpha value is -1.06. The highest BCUT2D eigenvalue weighted by atomic mass is 127. The van der Waals surface area contributed by atoms with E-state index >= 15 is 0 Å². The summed E-state index contributed by atoms with van der Waals surface area (Å²) in [4.78, 5) is 6.94. The van der Waals surface area contributed by atoms with Crippen LogP contribution in [-0.2, 0) is 4.74 Å². The Balaban J connectivity index is 0.00000300. The molecule has 6 nitrogen and oxygen atoms in total. The molecule has 29 heavy (non-hydrogen) atoms. The fraction of sp³-hybridized carbons (Fsp3) is 0.682. The van der Waals surface area contributed by atoms with Crippen molar-refractivity contribution in [3.63, 3.8) is 0 Å². The molecule has 2 fully saturated rings. The van der Waals surface area contributed by atoms with Gasteiger partial charge in [-0.1, -0.05) is 25.5 Å². The van der Waals surface area contributed by atoms with Crippen LogP contribution in [0.5, 0.6) is 5.75 Å². The Morgan fingerprint density at radius 3 is 2.41 bits per heavy atom. The van der Waals surface area contributed by atoms with Crippen LogP contribution in [-0.4, -0.2) is 64.4 Å². The number of nitrogens with one attached hydrogen (secondary N) is 2. The average Bonchev–Trinajstić information content (AvgIpc) is 2.73. The van der Waals surface area contributed by atoms with E-state index in [4.69, 9.17) is 9.47 Å². The predicted octanol–water partition coefficient (Wildman–Crippen LogP) is 3.43. The first-order valence-electron chi connectivity index (χ1n) is 10.6. The molecule has 1 heterocycles. The van der Waals surface area contributed by atoms with Gasteiger partial charge in [0.25, 0.3) is 0 Å². The number of hydrogen-bond donors (Lipinski definition) is 2. The van der Waals surface area contributed by atoms with Crippen molar-refractivity contribution in [2.75, 3.05) is 53.6 Å². The fourth-order valence-electron chi connectivity index (χ4n) is 4.19. The van der Waals surface area contributed by atoms with Gasteiger partial charge in [-0.15, -0.1) is 24.0 Å². The third-order valence-electron chi connectivity index (χ3n) is 6.47. The van der Waals surface area contributed by atoms with E-state index in [0.29, 0.717) is 5.41 Å². The second-order valence-electron chi connectivity index (χ2n) is 7.95. The predicted molar refractivity (Wildman–Crippen MR) is 129 cm³/mol. The third kappa shape index (κ3) is 6.46. The number of guanidine groups is 1. The zero-order valence-electron chi connectivity index (χ0n) is 18.1. The molecule has 1 unspecified atom stereocenters. The molecule has 1 atom stereocenters. The average molecular weight is 516 g/mol. The molecule has 0 amide bonds. The zero-order valence-corrected chi connectivity index (χ0v) is 20.4. The molecule has 2 aliphatic rings. The molecule has 3 rings (SSSR count). The van der Waals surface area contributed by atoms with Gasteiger partial charge in [0.05, 0.1) is 26.4 Å². The minimum absolute atomic E-state index is 0. The van der Waals surface area contributed by atoms with E-state index in [0.717, 1.165) is 51.1 Å². The third-order valence-corrected chi connectivity index (χ3v) is 6.47. The second kappa shape index (κ2) is 12.0. The first-order chi connectivity index (χ1) is 13.7. The van der Waals surface area contributed by atoms with E-state index in [-0.39, 0.29) is 30.0 Å². The first-order valence-corrected chi connectivity index (χ1v) is 10.6. The van der Waals surface area contributed by atoms with E-state index in [1.165, 1.54) is 31.2 Å². The number of hydrogen-bond acceptors (Lipinski definition) is 4. The molecule has 164 valence electrons. The molecule has 1 saturated carbocycles. The summed E-state index contributed by atoms with van der Waals surface area (Å²) in [6.07, 6.45) is 5.25. The summed E-state index contributed by atoms with van der Waals surface area (Å²) in [6.45, 7) is 7.60. The van der Waals surface area contributed by atoms with Crippen molar-refractivity contribution in [1.29, 1.82) is 0 Å². The van der Waals surface area contributed by atoms with Crippen LogP contribution < -0.4 is 15.4 Å². The molecular formula is C22H37IN4O2. The Morgan fingerprint density at radius 2 is 1.90 bits per heavy atom. The van der Waals surface area contributed by atoms with E-state index in [2.05, 4.69) is 39.6 Å². The number of rotatable bonds is 8. The van der Waals surface area contributed by atoms with Gasteiger partial charge in [-0.25, -0.2) is 0 Å². The van der Waals surface area contributed by atoms with Crippen LogP contribution in [0.2, 0.25) is 0 Å². The van der Waals surface area contributed by atoms with Crippen LogP contribution in [0.25, 0.3) is 0 Å². The van der Waals surface area contributed by atoms with Gasteiger partial charge in [-0.05, 0) is 42.4 Å². The van der Waals surface area contributed by atoms with E-state index in [1.54, 1.807) is 7.11 Å². The van der Waals surface area contributed by atoms with Gasteiger partial charge in [0.1, 0.15) is 5.75 Å². The summed E-state index contributed by atoms with van der Waals surface area (Å²) in [5, 5.41) is 7.13. The van der Waals surface area contributed by atoms with E-state index in [9.17, 15) is 0 Å². The molecule has 0 aromatic heterocycles. The van der Waals surface area contributed by atoms with Crippen LogP contribution in [0.4, 0.5) is 0 Å². The van der Waals surface area contributed by atoms with Crippen molar-refractivity contribution < 1.29 is 9.47 Å². The summed E-state index contributed by atoms with van der Waals surface area (Å²) in [6, 6.07) is 8.68. The molecular weight excluding hydrogens is 479 g/mol. The van der Waals surface area contributed by atoms with Gasteiger partial charge in [0, 0.05) is 33.2 Å². The van der Waals surface area contributed by atoms with Crippen molar-refractivity contribution in [2.24, 2.45) is 10.4 Å². The van der Waals surface area contributed by atoms with Gasteiger partial charge in [0.2, 0.25) is 0 Å². The number of benzene rings is 1. The Kier molecular flexibility index (Phi) is 9.98. The number of morpholine rings is 1. The lowest BCUT2D eigenvalue weighted by Gasteiger charge is -2.41. The summed E-state index contributed by atoms with van der Waals surface area (Å²) in [5.41, 5.74) is 1.76. The van der Waals surface area contributed by atoms with Gasteiger partial charge in [-0.3, -0.25) is 9.89 Å². The first kappa shape index (κ1) is 24.2. The SMILES string of the molecule is CCC1(CNC(=NC)NCC(c2ccc(OC)cc2)N2CCOCC2)CCC1.I. The lowest BCUT2D eigenvalue weighted by atomic mass is 9.67. The topological polar surface area (TPSA) is 58.1 Å². The monoisotopic (exact) mass is 516 g/mol. The highest BCUT2D eigenvalue weighted by molar-refractivity contribution is 14.0. The lowest BCUT2D eigenvalue weighted by molar-refractivity contribution is 0.0169. The van der Waals surface area contributed by atoms with Gasteiger partial charge < -0.3 is 20.1 Å². The molecule has 1 aliphatic carbocycles. The minimum Gasteiger partial charge on any atom is -0.497 e. The second-order valence-corrected chi connectivity index (χ2v) is 7.95. The van der Waals surface area contributed by atoms with Gasteiger partial charge >= 0.3 is 0 Å². The van der Waals surface area contributed by atoms with Crippen LogP contribution >= 0.6 is 24.0 Å². The Labute approximate surface area is 192 Å². The number of halogens is 1. The molecule has 0 bridgehead atoms. The fourth-order valence-corrected chi connectivity index (χ4v) is 4.19. The number of ether oxygens (including phenoxy) is 2. The molecule has 1 aliphatic heterocycles. The number of nitrogens with zero attached hydrogens (tertiary/aromatic N) is 2. The van der Waals surface area contributed by atoms with Crippen molar-refractivity contribution in [3.05, 3.63) is 29.8 Å².